The Morgan fingerprint density at radius 3 is 2.79 bits per heavy atom. The quantitative estimate of drug-likeness (QED) is 0.321. The molecule has 3 aromatic heterocycles. The second kappa shape index (κ2) is 8.58. The summed E-state index contributed by atoms with van der Waals surface area (Å²) < 4.78 is 1.64. The SMILES string of the molecule is Cc1cc(C(=O)Cc2cccc(Nc3ccc4c(/C=C/c5cnc[nH]5)n[nH]c4c3)c2)n(C)n1. The van der Waals surface area contributed by atoms with E-state index in [0.29, 0.717) is 12.1 Å². The van der Waals surface area contributed by atoms with Gasteiger partial charge in [0.2, 0.25) is 0 Å². The number of H-pyrrole nitrogens is 2. The molecule has 3 heterocycles. The fraction of sp³-hybridized carbons (Fsp3) is 0.120. The predicted octanol–water partition coefficient (Wildman–Crippen LogP) is 4.67. The number of ketones is 1. The number of carbonyl (C=O) groups excluding carboxylic acids is 1. The van der Waals surface area contributed by atoms with E-state index >= 15 is 0 Å². The zero-order valence-electron chi connectivity index (χ0n) is 18.3. The van der Waals surface area contributed by atoms with E-state index in [1.807, 2.05) is 67.6 Å². The zero-order chi connectivity index (χ0) is 22.8. The second-order valence-corrected chi connectivity index (χ2v) is 7.93. The molecule has 164 valence electrons. The van der Waals surface area contributed by atoms with Crippen LogP contribution in [-0.4, -0.2) is 35.7 Å². The number of hydrogen-bond donors (Lipinski definition) is 3. The van der Waals surface area contributed by atoms with Gasteiger partial charge in [0.1, 0.15) is 5.69 Å². The van der Waals surface area contributed by atoms with E-state index in [1.165, 1.54) is 0 Å². The molecule has 0 fully saturated rings. The van der Waals surface area contributed by atoms with Gasteiger partial charge >= 0.3 is 0 Å². The smallest absolute Gasteiger partial charge is 0.185 e. The fourth-order valence-electron chi connectivity index (χ4n) is 3.85. The lowest BCUT2D eigenvalue weighted by Gasteiger charge is -2.09. The molecule has 0 bridgehead atoms. The molecule has 8 heteroatoms. The molecular weight excluding hydrogens is 414 g/mol. The molecule has 0 spiro atoms. The van der Waals surface area contributed by atoms with Gasteiger partial charge in [-0.1, -0.05) is 12.1 Å². The van der Waals surface area contributed by atoms with Crippen molar-refractivity contribution in [3.8, 4) is 0 Å². The van der Waals surface area contributed by atoms with Crippen LogP contribution in [0.4, 0.5) is 11.4 Å². The van der Waals surface area contributed by atoms with Crippen molar-refractivity contribution < 1.29 is 4.79 Å². The van der Waals surface area contributed by atoms with E-state index in [2.05, 4.69) is 30.6 Å². The zero-order valence-corrected chi connectivity index (χ0v) is 18.3. The minimum atomic E-state index is 0.0462. The van der Waals surface area contributed by atoms with Gasteiger partial charge in [0, 0.05) is 30.2 Å². The van der Waals surface area contributed by atoms with Crippen molar-refractivity contribution in [3.63, 3.8) is 0 Å². The van der Waals surface area contributed by atoms with E-state index < -0.39 is 0 Å². The summed E-state index contributed by atoms with van der Waals surface area (Å²) >= 11 is 0. The van der Waals surface area contributed by atoms with Gasteiger partial charge in [-0.25, -0.2) is 4.98 Å². The maximum absolute atomic E-state index is 12.7. The van der Waals surface area contributed by atoms with Crippen LogP contribution < -0.4 is 5.32 Å². The van der Waals surface area contributed by atoms with Crippen molar-refractivity contribution in [2.45, 2.75) is 13.3 Å². The van der Waals surface area contributed by atoms with E-state index in [9.17, 15) is 4.79 Å². The monoisotopic (exact) mass is 437 g/mol. The third kappa shape index (κ3) is 4.45. The summed E-state index contributed by atoms with van der Waals surface area (Å²) in [5.74, 6) is 0.0462. The molecule has 5 rings (SSSR count). The lowest BCUT2D eigenvalue weighted by molar-refractivity contribution is 0.0984. The Hall–Kier alpha value is -4.46. The number of imidazole rings is 1. The third-order valence-electron chi connectivity index (χ3n) is 5.40. The highest BCUT2D eigenvalue weighted by Gasteiger charge is 2.13. The summed E-state index contributed by atoms with van der Waals surface area (Å²) in [6.45, 7) is 1.89. The molecule has 0 saturated heterocycles. The normalized spacial score (nSPS) is 11.5. The van der Waals surface area contributed by atoms with Gasteiger partial charge in [-0.05, 0) is 61.0 Å². The van der Waals surface area contributed by atoms with Gasteiger partial charge in [0.15, 0.2) is 5.78 Å². The first-order chi connectivity index (χ1) is 16.0. The highest BCUT2D eigenvalue weighted by molar-refractivity contribution is 5.96. The molecule has 0 aliphatic heterocycles. The number of fused-ring (bicyclic) bond motifs is 1. The van der Waals surface area contributed by atoms with Gasteiger partial charge in [-0.3, -0.25) is 14.6 Å². The topological polar surface area (TPSA) is 104 Å². The number of rotatable bonds is 7. The largest absolute Gasteiger partial charge is 0.355 e. The van der Waals surface area contributed by atoms with Gasteiger partial charge in [-0.15, -0.1) is 0 Å². The number of nitrogens with one attached hydrogen (secondary N) is 3. The van der Waals surface area contributed by atoms with Crippen LogP contribution in [0.3, 0.4) is 0 Å². The minimum absolute atomic E-state index is 0.0462. The molecule has 33 heavy (non-hydrogen) atoms. The van der Waals surface area contributed by atoms with Crippen molar-refractivity contribution in [1.82, 2.24) is 29.9 Å². The molecule has 8 nitrogen and oxygen atoms in total. The Morgan fingerprint density at radius 1 is 1.12 bits per heavy atom. The summed E-state index contributed by atoms with van der Waals surface area (Å²) in [6, 6.07) is 15.8. The van der Waals surface area contributed by atoms with Gasteiger partial charge in [-0.2, -0.15) is 10.2 Å². The summed E-state index contributed by atoms with van der Waals surface area (Å²) in [6.07, 6.45) is 7.61. The number of nitrogens with zero attached hydrogens (tertiary/aromatic N) is 4. The van der Waals surface area contributed by atoms with E-state index in [0.717, 1.165) is 44.9 Å². The highest BCUT2D eigenvalue weighted by atomic mass is 16.1. The Bertz CT molecular complexity index is 1460. The molecule has 0 saturated carbocycles. The van der Waals surface area contributed by atoms with Crippen molar-refractivity contribution >= 4 is 40.2 Å². The minimum Gasteiger partial charge on any atom is -0.355 e. The Labute approximate surface area is 190 Å². The van der Waals surface area contributed by atoms with E-state index in [4.69, 9.17) is 0 Å². The number of anilines is 2. The summed E-state index contributed by atoms with van der Waals surface area (Å²) in [7, 11) is 1.79. The van der Waals surface area contributed by atoms with Crippen molar-refractivity contribution in [1.29, 1.82) is 0 Å². The van der Waals surface area contributed by atoms with Crippen molar-refractivity contribution in [3.05, 3.63) is 89.4 Å². The van der Waals surface area contributed by atoms with Crippen molar-refractivity contribution in [2.75, 3.05) is 5.32 Å². The number of aromatic amines is 2. The first kappa shape index (κ1) is 20.4. The number of Topliss-reactive ketones (excluding diaryl/α,β-unsaturated/α-hetero) is 1. The average Bonchev–Trinajstić information content (AvgIpc) is 3.52. The lowest BCUT2D eigenvalue weighted by atomic mass is 10.1. The molecule has 0 aliphatic carbocycles. The lowest BCUT2D eigenvalue weighted by Crippen LogP contribution is -2.09. The molecule has 0 atom stereocenters. The maximum atomic E-state index is 12.7. The molecule has 2 aromatic carbocycles. The van der Waals surface area contributed by atoms with Gasteiger partial charge in [0.05, 0.1) is 35.1 Å². The molecule has 5 aromatic rings. The average molecular weight is 438 g/mol. The third-order valence-corrected chi connectivity index (χ3v) is 5.40. The molecule has 0 amide bonds. The van der Waals surface area contributed by atoms with Gasteiger partial charge < -0.3 is 10.3 Å². The summed E-state index contributed by atoms with van der Waals surface area (Å²) in [5, 5.41) is 16.2. The fourth-order valence-corrected chi connectivity index (χ4v) is 3.85. The first-order valence-electron chi connectivity index (χ1n) is 10.6. The highest BCUT2D eigenvalue weighted by Crippen LogP contribution is 2.25. The Morgan fingerprint density at radius 2 is 2.00 bits per heavy atom. The number of hydrogen-bond acceptors (Lipinski definition) is 5. The predicted molar refractivity (Wildman–Crippen MR) is 129 cm³/mol. The van der Waals surface area contributed by atoms with Crippen LogP contribution >= 0.6 is 0 Å². The Balaban J connectivity index is 1.31. The first-order valence-corrected chi connectivity index (χ1v) is 10.6. The molecule has 0 unspecified atom stereocenters. The summed E-state index contributed by atoms with van der Waals surface area (Å²) in [5.41, 5.74) is 6.96. The number of aromatic nitrogens is 6. The summed E-state index contributed by atoms with van der Waals surface area (Å²) in [4.78, 5) is 19.7. The Kier molecular flexibility index (Phi) is 5.32. The number of carbonyl (C=O) groups is 1. The second-order valence-electron chi connectivity index (χ2n) is 7.93. The van der Waals surface area contributed by atoms with Crippen molar-refractivity contribution in [2.24, 2.45) is 7.05 Å². The van der Waals surface area contributed by atoms with Crippen LogP contribution in [0.15, 0.2) is 61.1 Å². The molecular formula is C25H23N7O. The van der Waals surface area contributed by atoms with Crippen LogP contribution in [0.25, 0.3) is 23.1 Å². The molecule has 3 N–H and O–H groups in total. The molecule has 0 radical (unpaired) electrons. The standard InChI is InChI=1S/C25H23N7O/c1-16-10-24(32(2)31-16)25(33)12-17-4-3-5-18(11-17)28-19-6-8-21-22(29-30-23(21)13-19)9-7-20-14-26-15-27-20/h3-11,13-15,28H,12H2,1-2H3,(H,26,27)(H,29,30)/b9-7+. The van der Waals surface area contributed by atoms with Crippen LogP contribution in [0.2, 0.25) is 0 Å². The maximum Gasteiger partial charge on any atom is 0.185 e. The van der Waals surface area contributed by atoms with Crippen LogP contribution in [0.5, 0.6) is 0 Å². The van der Waals surface area contributed by atoms with Gasteiger partial charge in [0.25, 0.3) is 0 Å². The number of benzene rings is 2. The number of aryl methyl sites for hydroxylation is 2. The van der Waals surface area contributed by atoms with Crippen LogP contribution in [0.1, 0.15) is 33.1 Å². The van der Waals surface area contributed by atoms with E-state index in [-0.39, 0.29) is 5.78 Å². The van der Waals surface area contributed by atoms with E-state index in [1.54, 1.807) is 24.3 Å². The van der Waals surface area contributed by atoms with Crippen LogP contribution in [0, 0.1) is 6.92 Å². The van der Waals surface area contributed by atoms with Crippen LogP contribution in [-0.2, 0) is 13.5 Å². The molecule has 0 aliphatic rings.